The van der Waals surface area contributed by atoms with E-state index in [1.807, 2.05) is 36.6 Å². The fourth-order valence-electron chi connectivity index (χ4n) is 1.37. The van der Waals surface area contributed by atoms with Crippen molar-refractivity contribution in [2.75, 3.05) is 0 Å². The van der Waals surface area contributed by atoms with Crippen molar-refractivity contribution in [1.82, 2.24) is 4.98 Å². The first kappa shape index (κ1) is 9.37. The van der Waals surface area contributed by atoms with Crippen molar-refractivity contribution in [3.63, 3.8) is 0 Å². The van der Waals surface area contributed by atoms with Crippen LogP contribution in [0.5, 0.6) is 0 Å². The molecule has 1 unspecified atom stereocenters. The second-order valence-electron chi connectivity index (χ2n) is 3.23. The number of benzene rings is 1. The number of aliphatic hydroxyl groups excluding tert-OH is 1. The second kappa shape index (κ2) is 3.90. The molecular weight excluding hydrogens is 194 g/mol. The molecule has 1 atom stereocenters. The van der Waals surface area contributed by atoms with Gasteiger partial charge in [-0.25, -0.2) is 4.98 Å². The molecule has 0 saturated carbocycles. The van der Waals surface area contributed by atoms with Gasteiger partial charge in [-0.05, 0) is 12.5 Å². The number of hydrogen-bond acceptors (Lipinski definition) is 3. The highest BCUT2D eigenvalue weighted by Crippen LogP contribution is 2.21. The molecule has 1 aromatic carbocycles. The third kappa shape index (κ3) is 1.84. The zero-order valence-electron chi connectivity index (χ0n) is 7.84. The largest absolute Gasteiger partial charge is 0.382 e. The first-order valence-corrected chi connectivity index (χ1v) is 5.34. The molecule has 14 heavy (non-hydrogen) atoms. The third-order valence-electron chi connectivity index (χ3n) is 2.09. The van der Waals surface area contributed by atoms with E-state index < -0.39 is 6.10 Å². The van der Waals surface area contributed by atoms with Crippen molar-refractivity contribution < 1.29 is 5.11 Å². The molecular formula is C11H11NOS. The van der Waals surface area contributed by atoms with Gasteiger partial charge in [-0.3, -0.25) is 0 Å². The Hall–Kier alpha value is -1.19. The number of aryl methyl sites for hydroxylation is 1. The topological polar surface area (TPSA) is 33.1 Å². The Kier molecular flexibility index (Phi) is 2.61. The van der Waals surface area contributed by atoms with E-state index in [9.17, 15) is 5.11 Å². The summed E-state index contributed by atoms with van der Waals surface area (Å²) in [5.74, 6) is 0. The fraction of sp³-hybridized carbons (Fsp3) is 0.182. The highest BCUT2D eigenvalue weighted by molar-refractivity contribution is 7.07. The van der Waals surface area contributed by atoms with E-state index in [2.05, 4.69) is 4.98 Å². The zero-order chi connectivity index (χ0) is 9.97. The summed E-state index contributed by atoms with van der Waals surface area (Å²) in [7, 11) is 0. The smallest absolute Gasteiger partial charge is 0.122 e. The van der Waals surface area contributed by atoms with E-state index >= 15 is 0 Å². The summed E-state index contributed by atoms with van der Waals surface area (Å²) < 4.78 is 0. The summed E-state index contributed by atoms with van der Waals surface area (Å²) in [6, 6.07) is 7.85. The van der Waals surface area contributed by atoms with Gasteiger partial charge in [0.05, 0.1) is 11.2 Å². The molecule has 3 heteroatoms. The Morgan fingerprint density at radius 3 is 2.93 bits per heavy atom. The normalized spacial score (nSPS) is 12.7. The second-order valence-corrected chi connectivity index (χ2v) is 3.95. The number of rotatable bonds is 2. The van der Waals surface area contributed by atoms with Gasteiger partial charge < -0.3 is 5.11 Å². The van der Waals surface area contributed by atoms with Gasteiger partial charge in [0.2, 0.25) is 0 Å². The minimum Gasteiger partial charge on any atom is -0.382 e. The number of aliphatic hydroxyl groups is 1. The number of aromatic nitrogens is 1. The molecule has 2 aromatic rings. The predicted octanol–water partition coefficient (Wildman–Crippen LogP) is 2.53. The third-order valence-corrected chi connectivity index (χ3v) is 2.69. The summed E-state index contributed by atoms with van der Waals surface area (Å²) in [5, 5.41) is 11.8. The summed E-state index contributed by atoms with van der Waals surface area (Å²) >= 11 is 1.50. The van der Waals surface area contributed by atoms with E-state index in [1.165, 1.54) is 11.3 Å². The van der Waals surface area contributed by atoms with Crippen LogP contribution in [-0.2, 0) is 0 Å². The minimum atomic E-state index is -0.596. The lowest BCUT2D eigenvalue weighted by atomic mass is 10.1. The molecule has 0 aliphatic heterocycles. The predicted molar refractivity (Wildman–Crippen MR) is 57.4 cm³/mol. The molecule has 0 saturated heterocycles. The van der Waals surface area contributed by atoms with Crippen molar-refractivity contribution in [2.45, 2.75) is 13.0 Å². The Bertz CT molecular complexity index is 411. The molecule has 0 aliphatic carbocycles. The van der Waals surface area contributed by atoms with Crippen LogP contribution < -0.4 is 0 Å². The van der Waals surface area contributed by atoms with Crippen LogP contribution in [0.2, 0.25) is 0 Å². The van der Waals surface area contributed by atoms with Crippen LogP contribution in [0.1, 0.15) is 22.9 Å². The van der Waals surface area contributed by atoms with Crippen LogP contribution in [-0.4, -0.2) is 10.1 Å². The van der Waals surface area contributed by atoms with Gasteiger partial charge in [0.15, 0.2) is 0 Å². The van der Waals surface area contributed by atoms with E-state index in [4.69, 9.17) is 0 Å². The molecule has 72 valence electrons. The first-order valence-electron chi connectivity index (χ1n) is 4.40. The van der Waals surface area contributed by atoms with Crippen LogP contribution >= 0.6 is 11.3 Å². The van der Waals surface area contributed by atoms with Crippen LogP contribution in [0, 0.1) is 6.92 Å². The van der Waals surface area contributed by atoms with Crippen LogP contribution in [0.15, 0.2) is 35.2 Å². The fourth-order valence-corrected chi connectivity index (χ4v) is 1.94. The summed E-state index contributed by atoms with van der Waals surface area (Å²) in [5.41, 5.74) is 4.50. The lowest BCUT2D eigenvalue weighted by Crippen LogP contribution is -1.99. The maximum absolute atomic E-state index is 9.95. The van der Waals surface area contributed by atoms with Crippen molar-refractivity contribution in [1.29, 1.82) is 0 Å². The van der Waals surface area contributed by atoms with Crippen LogP contribution in [0.25, 0.3) is 0 Å². The number of thiazole rings is 1. The Morgan fingerprint density at radius 1 is 1.43 bits per heavy atom. The molecule has 1 heterocycles. The van der Waals surface area contributed by atoms with Crippen molar-refractivity contribution in [2.24, 2.45) is 0 Å². The highest BCUT2D eigenvalue weighted by atomic mass is 32.1. The molecule has 0 radical (unpaired) electrons. The molecule has 0 bridgehead atoms. The van der Waals surface area contributed by atoms with Gasteiger partial charge in [0.1, 0.15) is 6.10 Å². The summed E-state index contributed by atoms with van der Waals surface area (Å²) in [6.07, 6.45) is -0.596. The lowest BCUT2D eigenvalue weighted by Gasteiger charge is -2.08. The summed E-state index contributed by atoms with van der Waals surface area (Å²) in [4.78, 5) is 4.09. The molecule has 2 nitrogen and oxygen atoms in total. The van der Waals surface area contributed by atoms with Gasteiger partial charge in [-0.1, -0.05) is 29.8 Å². The molecule has 1 aromatic heterocycles. The van der Waals surface area contributed by atoms with E-state index in [1.54, 1.807) is 5.51 Å². The molecule has 0 aliphatic rings. The average Bonchev–Trinajstić information content (AvgIpc) is 2.69. The number of hydrogen-bond donors (Lipinski definition) is 1. The van der Waals surface area contributed by atoms with Gasteiger partial charge >= 0.3 is 0 Å². The monoisotopic (exact) mass is 205 g/mol. The zero-order valence-corrected chi connectivity index (χ0v) is 8.66. The standard InChI is InChI=1S/C11H11NOS/c1-8-3-2-4-9(5-8)11(13)10-6-14-7-12-10/h2-7,11,13H,1H3. The Labute approximate surface area is 86.9 Å². The van der Waals surface area contributed by atoms with E-state index in [-0.39, 0.29) is 0 Å². The summed E-state index contributed by atoms with van der Waals surface area (Å²) in [6.45, 7) is 2.01. The number of nitrogens with zero attached hydrogens (tertiary/aromatic N) is 1. The van der Waals surface area contributed by atoms with Crippen LogP contribution in [0.4, 0.5) is 0 Å². The van der Waals surface area contributed by atoms with Gasteiger partial charge in [-0.2, -0.15) is 0 Å². The van der Waals surface area contributed by atoms with Gasteiger partial charge in [0.25, 0.3) is 0 Å². The van der Waals surface area contributed by atoms with E-state index in [0.717, 1.165) is 16.8 Å². The molecule has 0 spiro atoms. The van der Waals surface area contributed by atoms with Crippen LogP contribution in [0.3, 0.4) is 0 Å². The maximum atomic E-state index is 9.95. The molecule has 1 N–H and O–H groups in total. The lowest BCUT2D eigenvalue weighted by molar-refractivity contribution is 0.216. The average molecular weight is 205 g/mol. The SMILES string of the molecule is Cc1cccc(C(O)c2cscn2)c1. The quantitative estimate of drug-likeness (QED) is 0.817. The Balaban J connectivity index is 2.32. The molecule has 0 fully saturated rings. The van der Waals surface area contributed by atoms with Crippen molar-refractivity contribution in [3.05, 3.63) is 52.0 Å². The Morgan fingerprint density at radius 2 is 2.29 bits per heavy atom. The van der Waals surface area contributed by atoms with Gasteiger partial charge in [-0.15, -0.1) is 11.3 Å². The van der Waals surface area contributed by atoms with Crippen molar-refractivity contribution >= 4 is 11.3 Å². The molecule has 2 rings (SSSR count). The van der Waals surface area contributed by atoms with Crippen molar-refractivity contribution in [3.8, 4) is 0 Å². The highest BCUT2D eigenvalue weighted by Gasteiger charge is 2.11. The minimum absolute atomic E-state index is 0.596. The molecule has 0 amide bonds. The maximum Gasteiger partial charge on any atom is 0.122 e. The van der Waals surface area contributed by atoms with E-state index in [0.29, 0.717) is 0 Å². The van der Waals surface area contributed by atoms with Gasteiger partial charge in [0, 0.05) is 5.38 Å². The first-order chi connectivity index (χ1) is 6.77.